The molecule has 1 aliphatic rings. The van der Waals surface area contributed by atoms with Gasteiger partial charge in [0.15, 0.2) is 11.5 Å². The predicted octanol–water partition coefficient (Wildman–Crippen LogP) is 3.29. The van der Waals surface area contributed by atoms with Crippen molar-refractivity contribution < 1.29 is 31.9 Å². The number of sulfonamides is 1. The van der Waals surface area contributed by atoms with Crippen LogP contribution in [0.1, 0.15) is 39.2 Å². The average Bonchev–Trinajstić information content (AvgIpc) is 3.31. The molecule has 1 aliphatic heterocycles. The number of benzene rings is 2. The zero-order chi connectivity index (χ0) is 27.2. The van der Waals surface area contributed by atoms with E-state index in [9.17, 15) is 22.4 Å². The van der Waals surface area contributed by atoms with Crippen LogP contribution in [0.25, 0.3) is 0 Å². The van der Waals surface area contributed by atoms with Gasteiger partial charge in [0.2, 0.25) is 28.6 Å². The van der Waals surface area contributed by atoms with E-state index < -0.39 is 21.9 Å². The van der Waals surface area contributed by atoms with Crippen LogP contribution in [-0.2, 0) is 26.2 Å². The maximum atomic E-state index is 13.4. The number of carbonyl (C=O) groups excluding carboxylic acids is 2. The normalized spacial score (nSPS) is 13.4. The summed E-state index contributed by atoms with van der Waals surface area (Å²) in [5.41, 5.74) is 1.08. The molecule has 1 heterocycles. The number of halogens is 1. The number of amides is 2. The second-order valence-corrected chi connectivity index (χ2v) is 11.3. The molecule has 0 aromatic heterocycles. The number of hydrogen-bond acceptors (Lipinski definition) is 6. The lowest BCUT2D eigenvalue weighted by Gasteiger charge is -2.29. The Bertz CT molecular complexity index is 1200. The van der Waals surface area contributed by atoms with Gasteiger partial charge in [-0.15, -0.1) is 0 Å². The van der Waals surface area contributed by atoms with Gasteiger partial charge in [0, 0.05) is 32.1 Å². The van der Waals surface area contributed by atoms with Crippen LogP contribution in [0.2, 0.25) is 0 Å². The molecule has 2 amide bonds. The number of nitrogens with zero attached hydrogens (tertiary/aromatic N) is 2. The molecule has 202 valence electrons. The van der Waals surface area contributed by atoms with E-state index in [1.165, 1.54) is 21.3 Å². The fourth-order valence-electron chi connectivity index (χ4n) is 3.87. The van der Waals surface area contributed by atoms with Crippen molar-refractivity contribution in [3.8, 4) is 11.5 Å². The van der Waals surface area contributed by atoms with E-state index in [0.717, 1.165) is 6.26 Å². The average molecular weight is 536 g/mol. The van der Waals surface area contributed by atoms with Crippen molar-refractivity contribution in [1.29, 1.82) is 0 Å². The van der Waals surface area contributed by atoms with Gasteiger partial charge in [-0.25, -0.2) is 12.8 Å². The molecule has 0 bridgehead atoms. The number of fused-ring (bicyclic) bond motifs is 1. The minimum absolute atomic E-state index is 0.0135. The molecule has 0 unspecified atom stereocenters. The highest BCUT2D eigenvalue weighted by molar-refractivity contribution is 7.92. The van der Waals surface area contributed by atoms with Crippen molar-refractivity contribution in [1.82, 2.24) is 10.2 Å². The number of nitrogens with one attached hydrogen (secondary N) is 1. The Morgan fingerprint density at radius 1 is 1.05 bits per heavy atom. The van der Waals surface area contributed by atoms with Crippen LogP contribution < -0.4 is 19.1 Å². The molecule has 11 heteroatoms. The fraction of sp³-hybridized carbons (Fsp3) is 0.462. The summed E-state index contributed by atoms with van der Waals surface area (Å²) >= 11 is 0. The molecule has 0 saturated heterocycles. The zero-order valence-corrected chi connectivity index (χ0v) is 22.4. The molecule has 0 spiro atoms. The van der Waals surface area contributed by atoms with Crippen LogP contribution in [-0.4, -0.2) is 57.3 Å². The van der Waals surface area contributed by atoms with E-state index in [1.807, 2.05) is 13.8 Å². The lowest BCUT2D eigenvalue weighted by atomic mass is 10.1. The Hall–Kier alpha value is -3.34. The van der Waals surface area contributed by atoms with Gasteiger partial charge in [0.25, 0.3) is 0 Å². The third-order valence-electron chi connectivity index (χ3n) is 5.91. The van der Waals surface area contributed by atoms with Gasteiger partial charge in [0.1, 0.15) is 11.9 Å². The van der Waals surface area contributed by atoms with E-state index >= 15 is 0 Å². The van der Waals surface area contributed by atoms with Crippen LogP contribution in [0.15, 0.2) is 42.5 Å². The monoisotopic (exact) mass is 535 g/mol. The van der Waals surface area contributed by atoms with Crippen LogP contribution in [0.4, 0.5) is 10.1 Å². The van der Waals surface area contributed by atoms with Crippen molar-refractivity contribution in [2.45, 2.75) is 46.2 Å². The number of rotatable bonds is 12. The molecule has 37 heavy (non-hydrogen) atoms. The highest BCUT2D eigenvalue weighted by Crippen LogP contribution is 2.36. The molecule has 1 atom stereocenters. The minimum atomic E-state index is -3.64. The van der Waals surface area contributed by atoms with Crippen LogP contribution >= 0.6 is 0 Å². The van der Waals surface area contributed by atoms with Crippen molar-refractivity contribution in [2.24, 2.45) is 5.92 Å². The van der Waals surface area contributed by atoms with Gasteiger partial charge >= 0.3 is 0 Å². The highest BCUT2D eigenvalue weighted by Gasteiger charge is 2.27. The SMILES string of the molecule is CC(C)CNC(=O)[C@@H](C)N(Cc1ccc(F)cc1)C(=O)CCCN(c1ccc2c(c1)OCO2)S(C)(=O)=O. The third kappa shape index (κ3) is 7.82. The van der Waals surface area contributed by atoms with E-state index in [1.54, 1.807) is 37.3 Å². The second kappa shape index (κ2) is 12.3. The molecule has 3 rings (SSSR count). The molecule has 0 radical (unpaired) electrons. The van der Waals surface area contributed by atoms with Crippen molar-refractivity contribution in [3.05, 3.63) is 53.8 Å². The van der Waals surface area contributed by atoms with Crippen LogP contribution in [0.3, 0.4) is 0 Å². The Kier molecular flexibility index (Phi) is 9.36. The third-order valence-corrected chi connectivity index (χ3v) is 7.11. The number of anilines is 1. The summed E-state index contributed by atoms with van der Waals surface area (Å²) in [6, 6.07) is 9.83. The molecule has 2 aromatic rings. The summed E-state index contributed by atoms with van der Waals surface area (Å²) in [5.74, 6) is 0.240. The van der Waals surface area contributed by atoms with Crippen LogP contribution in [0.5, 0.6) is 11.5 Å². The quantitative estimate of drug-likeness (QED) is 0.447. The lowest BCUT2D eigenvalue weighted by molar-refractivity contribution is -0.140. The molecular weight excluding hydrogens is 501 g/mol. The molecule has 9 nitrogen and oxygen atoms in total. The second-order valence-electron chi connectivity index (χ2n) is 9.44. The first kappa shape index (κ1) is 28.2. The molecule has 1 N–H and O–H groups in total. The Morgan fingerprint density at radius 3 is 2.38 bits per heavy atom. The number of carbonyl (C=O) groups is 2. The summed E-state index contributed by atoms with van der Waals surface area (Å²) in [6.45, 7) is 6.31. The Morgan fingerprint density at radius 2 is 1.73 bits per heavy atom. The Labute approximate surface area is 217 Å². The Balaban J connectivity index is 1.71. The topological polar surface area (TPSA) is 105 Å². The van der Waals surface area contributed by atoms with E-state index in [2.05, 4.69) is 5.32 Å². The molecule has 2 aromatic carbocycles. The van der Waals surface area contributed by atoms with Gasteiger partial charge in [-0.2, -0.15) is 0 Å². The summed E-state index contributed by atoms with van der Waals surface area (Å²) in [7, 11) is -3.64. The minimum Gasteiger partial charge on any atom is -0.454 e. The van der Waals surface area contributed by atoms with Gasteiger partial charge in [0.05, 0.1) is 11.9 Å². The van der Waals surface area contributed by atoms with Gasteiger partial charge in [-0.3, -0.25) is 13.9 Å². The summed E-state index contributed by atoms with van der Waals surface area (Å²) in [6.07, 6.45) is 1.33. The highest BCUT2D eigenvalue weighted by atomic mass is 32.2. The smallest absolute Gasteiger partial charge is 0.242 e. The largest absolute Gasteiger partial charge is 0.454 e. The van der Waals surface area contributed by atoms with Gasteiger partial charge in [-0.05, 0) is 49.1 Å². The first-order valence-electron chi connectivity index (χ1n) is 12.1. The standard InChI is InChI=1S/C26H34FN3O6S/c1-18(2)15-28-26(32)19(3)29(16-20-7-9-21(27)10-8-20)25(31)6-5-13-30(37(4,33)34)22-11-12-23-24(14-22)36-17-35-23/h7-12,14,18-19H,5-6,13,15-17H2,1-4H3,(H,28,32)/t19-/m1/s1. The van der Waals surface area contributed by atoms with Crippen molar-refractivity contribution >= 4 is 27.5 Å². The zero-order valence-electron chi connectivity index (χ0n) is 21.6. The van der Waals surface area contributed by atoms with E-state index in [0.29, 0.717) is 29.3 Å². The first-order valence-corrected chi connectivity index (χ1v) is 14.0. The maximum absolute atomic E-state index is 13.4. The van der Waals surface area contributed by atoms with E-state index in [4.69, 9.17) is 9.47 Å². The fourth-order valence-corrected chi connectivity index (χ4v) is 4.82. The molecular formula is C26H34FN3O6S. The summed E-state index contributed by atoms with van der Waals surface area (Å²) in [5, 5.41) is 2.85. The van der Waals surface area contributed by atoms with Crippen LogP contribution in [0, 0.1) is 11.7 Å². The molecule has 0 aliphatic carbocycles. The van der Waals surface area contributed by atoms with Gasteiger partial charge < -0.3 is 19.7 Å². The summed E-state index contributed by atoms with van der Waals surface area (Å²) in [4.78, 5) is 27.5. The number of hydrogen-bond donors (Lipinski definition) is 1. The van der Waals surface area contributed by atoms with Crippen molar-refractivity contribution in [2.75, 3.05) is 30.4 Å². The number of ether oxygens (including phenoxy) is 2. The first-order chi connectivity index (χ1) is 17.5. The summed E-state index contributed by atoms with van der Waals surface area (Å²) < 4.78 is 50.3. The predicted molar refractivity (Wildman–Crippen MR) is 138 cm³/mol. The molecule has 0 saturated carbocycles. The van der Waals surface area contributed by atoms with E-state index in [-0.39, 0.29) is 50.5 Å². The van der Waals surface area contributed by atoms with Gasteiger partial charge in [-0.1, -0.05) is 26.0 Å². The lowest BCUT2D eigenvalue weighted by Crippen LogP contribution is -2.48. The maximum Gasteiger partial charge on any atom is 0.242 e. The molecule has 0 fully saturated rings. The van der Waals surface area contributed by atoms with Crippen molar-refractivity contribution in [3.63, 3.8) is 0 Å².